The van der Waals surface area contributed by atoms with Gasteiger partial charge in [-0.05, 0) is 44.4 Å². The molecule has 0 saturated heterocycles. The van der Waals surface area contributed by atoms with Crippen molar-refractivity contribution in [1.29, 1.82) is 0 Å². The Morgan fingerprint density at radius 1 is 0.679 bits per heavy atom. The Morgan fingerprint density at radius 3 is 1.71 bits per heavy atom. The van der Waals surface area contributed by atoms with E-state index in [1.54, 1.807) is 5.71 Å². The molecule has 3 aliphatic rings. The molecule has 2 unspecified atom stereocenters. The Balaban J connectivity index is 1.80. The Morgan fingerprint density at radius 2 is 1.18 bits per heavy atom. The van der Waals surface area contributed by atoms with Gasteiger partial charge in [-0.3, -0.25) is 5.01 Å². The summed E-state index contributed by atoms with van der Waals surface area (Å²) in [5, 5.41) is 8.27. The van der Waals surface area contributed by atoms with Crippen LogP contribution in [0, 0.1) is 11.8 Å². The first kappa shape index (κ1) is 22.2. The van der Waals surface area contributed by atoms with Gasteiger partial charge in [-0.15, -0.1) is 0 Å². The van der Waals surface area contributed by atoms with E-state index in [2.05, 4.69) is 18.9 Å². The van der Waals surface area contributed by atoms with Crippen LogP contribution in [0.5, 0.6) is 0 Å². The Bertz CT molecular complexity index is 439. The SMILES string of the molecule is CCCC1C(C2CCCCCCC2)=NN(C2CCCCCCCC2)C1CCC. The fourth-order valence-corrected chi connectivity index (χ4v) is 6.31. The van der Waals surface area contributed by atoms with Gasteiger partial charge in [0.1, 0.15) is 0 Å². The summed E-state index contributed by atoms with van der Waals surface area (Å²) in [6, 6.07) is 1.43. The van der Waals surface area contributed by atoms with Crippen LogP contribution in [0.15, 0.2) is 5.10 Å². The summed E-state index contributed by atoms with van der Waals surface area (Å²) < 4.78 is 0. The first-order valence-corrected chi connectivity index (χ1v) is 13.2. The zero-order valence-electron chi connectivity index (χ0n) is 19.1. The van der Waals surface area contributed by atoms with Crippen LogP contribution < -0.4 is 0 Å². The van der Waals surface area contributed by atoms with Gasteiger partial charge in [0.2, 0.25) is 0 Å². The van der Waals surface area contributed by atoms with Gasteiger partial charge in [0.15, 0.2) is 0 Å². The predicted molar refractivity (Wildman–Crippen MR) is 123 cm³/mol. The van der Waals surface area contributed by atoms with Crippen LogP contribution in [0.2, 0.25) is 0 Å². The van der Waals surface area contributed by atoms with Gasteiger partial charge in [0.05, 0.1) is 6.04 Å². The van der Waals surface area contributed by atoms with Crippen molar-refractivity contribution in [2.75, 3.05) is 0 Å². The molecule has 1 heterocycles. The van der Waals surface area contributed by atoms with Crippen molar-refractivity contribution in [2.24, 2.45) is 16.9 Å². The zero-order chi connectivity index (χ0) is 19.6. The molecule has 2 nitrogen and oxygen atoms in total. The van der Waals surface area contributed by atoms with Crippen LogP contribution in [0.1, 0.15) is 136 Å². The molecule has 0 N–H and O–H groups in total. The van der Waals surface area contributed by atoms with E-state index in [-0.39, 0.29) is 0 Å². The minimum Gasteiger partial charge on any atom is -0.290 e. The molecule has 0 bridgehead atoms. The summed E-state index contributed by atoms with van der Waals surface area (Å²) in [5.74, 6) is 1.54. The topological polar surface area (TPSA) is 15.6 Å². The molecule has 0 spiro atoms. The number of hydrazone groups is 1. The van der Waals surface area contributed by atoms with Crippen molar-refractivity contribution in [3.05, 3.63) is 0 Å². The normalized spacial score (nSPS) is 29.5. The minimum absolute atomic E-state index is 0.705. The molecule has 162 valence electrons. The molecule has 0 radical (unpaired) electrons. The number of hydrogen-bond acceptors (Lipinski definition) is 2. The molecule has 2 saturated carbocycles. The van der Waals surface area contributed by atoms with Gasteiger partial charge in [0, 0.05) is 17.7 Å². The Kier molecular flexibility index (Phi) is 9.68. The lowest BCUT2D eigenvalue weighted by Crippen LogP contribution is -2.40. The summed E-state index contributed by atoms with van der Waals surface area (Å²) in [7, 11) is 0. The van der Waals surface area contributed by atoms with Crippen LogP contribution in [-0.2, 0) is 0 Å². The molecule has 2 fully saturated rings. The fourth-order valence-electron chi connectivity index (χ4n) is 6.31. The number of nitrogens with zero attached hydrogens (tertiary/aromatic N) is 2. The van der Waals surface area contributed by atoms with Crippen LogP contribution in [0.4, 0.5) is 0 Å². The maximum atomic E-state index is 5.56. The molecule has 2 aliphatic carbocycles. The Hall–Kier alpha value is -0.530. The van der Waals surface area contributed by atoms with Crippen molar-refractivity contribution in [2.45, 2.75) is 148 Å². The third-order valence-electron chi connectivity index (χ3n) is 7.82. The molecule has 2 atom stereocenters. The van der Waals surface area contributed by atoms with E-state index in [9.17, 15) is 0 Å². The van der Waals surface area contributed by atoms with Crippen LogP contribution in [0.25, 0.3) is 0 Å². The van der Waals surface area contributed by atoms with E-state index in [4.69, 9.17) is 5.10 Å². The molecule has 0 aromatic rings. The third-order valence-corrected chi connectivity index (χ3v) is 7.82. The largest absolute Gasteiger partial charge is 0.290 e. The highest BCUT2D eigenvalue weighted by atomic mass is 15.5. The molecule has 0 aromatic heterocycles. The van der Waals surface area contributed by atoms with E-state index >= 15 is 0 Å². The van der Waals surface area contributed by atoms with Gasteiger partial charge in [-0.2, -0.15) is 5.10 Å². The third kappa shape index (κ3) is 5.99. The van der Waals surface area contributed by atoms with Crippen molar-refractivity contribution in [3.8, 4) is 0 Å². The highest BCUT2D eigenvalue weighted by molar-refractivity contribution is 5.90. The highest BCUT2D eigenvalue weighted by Gasteiger charge is 2.41. The minimum atomic E-state index is 0.705. The van der Waals surface area contributed by atoms with Gasteiger partial charge in [0.25, 0.3) is 0 Å². The quantitative estimate of drug-likeness (QED) is 0.448. The average molecular weight is 389 g/mol. The lowest BCUT2D eigenvalue weighted by atomic mass is 9.78. The highest BCUT2D eigenvalue weighted by Crippen LogP contribution is 2.39. The molecule has 1 aliphatic heterocycles. The van der Waals surface area contributed by atoms with Crippen LogP contribution >= 0.6 is 0 Å². The maximum absolute atomic E-state index is 5.56. The summed E-state index contributed by atoms with van der Waals surface area (Å²) in [4.78, 5) is 0. The monoisotopic (exact) mass is 388 g/mol. The first-order valence-electron chi connectivity index (χ1n) is 13.2. The Labute approximate surface area is 175 Å². The van der Waals surface area contributed by atoms with Crippen molar-refractivity contribution < 1.29 is 0 Å². The molecule has 0 amide bonds. The molecule has 2 heteroatoms. The van der Waals surface area contributed by atoms with Crippen molar-refractivity contribution in [3.63, 3.8) is 0 Å². The smallest absolute Gasteiger partial charge is 0.0554 e. The first-order chi connectivity index (χ1) is 13.8. The lowest BCUT2D eigenvalue weighted by Gasteiger charge is -2.35. The van der Waals surface area contributed by atoms with Gasteiger partial charge in [-0.1, -0.05) is 97.3 Å². The van der Waals surface area contributed by atoms with Crippen molar-refractivity contribution in [1.82, 2.24) is 5.01 Å². The van der Waals surface area contributed by atoms with Crippen molar-refractivity contribution >= 4 is 5.71 Å². The van der Waals surface area contributed by atoms with Gasteiger partial charge >= 0.3 is 0 Å². The van der Waals surface area contributed by atoms with E-state index in [0.717, 1.165) is 17.9 Å². The second-order valence-electron chi connectivity index (χ2n) is 10.1. The average Bonchev–Trinajstić information content (AvgIpc) is 3.07. The fraction of sp³-hybridized carbons (Fsp3) is 0.962. The summed E-state index contributed by atoms with van der Waals surface area (Å²) in [6.07, 6.45) is 26.8. The predicted octanol–water partition coefficient (Wildman–Crippen LogP) is 8.11. The zero-order valence-corrected chi connectivity index (χ0v) is 19.1. The van der Waals surface area contributed by atoms with E-state index in [1.165, 1.54) is 122 Å². The second-order valence-corrected chi connectivity index (χ2v) is 10.1. The molecular weight excluding hydrogens is 340 g/mol. The van der Waals surface area contributed by atoms with Gasteiger partial charge in [-0.25, -0.2) is 0 Å². The van der Waals surface area contributed by atoms with Gasteiger partial charge < -0.3 is 0 Å². The van der Waals surface area contributed by atoms with E-state index in [0.29, 0.717) is 6.04 Å². The number of rotatable bonds is 6. The molecule has 3 rings (SSSR count). The van der Waals surface area contributed by atoms with E-state index in [1.807, 2.05) is 0 Å². The second kappa shape index (κ2) is 12.2. The standard InChI is InChI=1S/C26H48N2/c1-3-16-24-25(17-4-2)28(23-20-14-10-5-6-11-15-21-23)27-26(24)22-18-12-8-7-9-13-19-22/h22-25H,3-21H2,1-2H3. The number of hydrogen-bond donors (Lipinski definition) is 0. The van der Waals surface area contributed by atoms with Crippen LogP contribution in [0.3, 0.4) is 0 Å². The summed E-state index contributed by atoms with van der Waals surface area (Å²) in [5.41, 5.74) is 1.65. The van der Waals surface area contributed by atoms with E-state index < -0.39 is 0 Å². The lowest BCUT2D eigenvalue weighted by molar-refractivity contribution is 0.111. The summed E-state index contributed by atoms with van der Waals surface area (Å²) in [6.45, 7) is 4.78. The molecular formula is C26H48N2. The summed E-state index contributed by atoms with van der Waals surface area (Å²) >= 11 is 0. The maximum Gasteiger partial charge on any atom is 0.0554 e. The van der Waals surface area contributed by atoms with Crippen LogP contribution in [-0.4, -0.2) is 22.8 Å². The molecule has 0 aromatic carbocycles. The molecule has 28 heavy (non-hydrogen) atoms.